The van der Waals surface area contributed by atoms with E-state index in [0.29, 0.717) is 40.1 Å². The highest BCUT2D eigenvalue weighted by atomic mass is 35.5. The Balaban J connectivity index is 2.10. The molecule has 0 bridgehead atoms. The lowest BCUT2D eigenvalue weighted by molar-refractivity contribution is -0.136. The second-order valence-corrected chi connectivity index (χ2v) is 7.02. The summed E-state index contributed by atoms with van der Waals surface area (Å²) in [6.45, 7) is 5.64. The maximum atomic E-state index is 13.3. The standard InChI is InChI=1S/C24H22ClNO5/c1-5-12-31-20-11-10-16(14-21(20)29-3)13-17-22(24(28)30-4)15(2)26(23(17)27)19-9-7-6-8-18(19)25/h5-11,13-14H,1,12H2,2-4H3/b17-13-. The van der Waals surface area contributed by atoms with Crippen LogP contribution < -0.4 is 14.4 Å². The average molecular weight is 440 g/mol. The first-order valence-electron chi connectivity index (χ1n) is 9.44. The Kier molecular flexibility index (Phi) is 6.82. The van der Waals surface area contributed by atoms with Crippen LogP contribution in [0.15, 0.2) is 72.0 Å². The molecular formula is C24H22ClNO5. The SMILES string of the molecule is C=CCOc1ccc(/C=C2\C(=O)N(c3ccccc3Cl)C(C)=C2C(=O)OC)cc1OC. The second kappa shape index (κ2) is 9.53. The van der Waals surface area contributed by atoms with Crippen molar-refractivity contribution in [3.05, 3.63) is 82.5 Å². The van der Waals surface area contributed by atoms with Crippen LogP contribution in [0.5, 0.6) is 11.5 Å². The van der Waals surface area contributed by atoms with Crippen LogP contribution in [0.1, 0.15) is 12.5 Å². The molecule has 0 N–H and O–H groups in total. The molecule has 1 aliphatic rings. The summed E-state index contributed by atoms with van der Waals surface area (Å²) in [5.74, 6) is 0.0475. The summed E-state index contributed by atoms with van der Waals surface area (Å²) in [6, 6.07) is 12.2. The lowest BCUT2D eigenvalue weighted by Gasteiger charge is -2.19. The monoisotopic (exact) mass is 439 g/mol. The van der Waals surface area contributed by atoms with Crippen molar-refractivity contribution in [2.75, 3.05) is 25.7 Å². The number of benzene rings is 2. The number of rotatable bonds is 7. The number of hydrogen-bond donors (Lipinski definition) is 0. The van der Waals surface area contributed by atoms with Gasteiger partial charge in [0.1, 0.15) is 6.61 Å². The number of hydrogen-bond acceptors (Lipinski definition) is 5. The van der Waals surface area contributed by atoms with Crippen LogP contribution in [0.2, 0.25) is 5.02 Å². The Labute approximate surface area is 186 Å². The minimum absolute atomic E-state index is 0.179. The molecule has 7 heteroatoms. The molecule has 0 aliphatic carbocycles. The summed E-state index contributed by atoms with van der Waals surface area (Å²) >= 11 is 6.31. The number of allylic oxidation sites excluding steroid dienone is 1. The van der Waals surface area contributed by atoms with Crippen molar-refractivity contribution in [2.24, 2.45) is 0 Å². The predicted molar refractivity (Wildman–Crippen MR) is 120 cm³/mol. The highest BCUT2D eigenvalue weighted by Crippen LogP contribution is 2.39. The summed E-state index contributed by atoms with van der Waals surface area (Å²) in [6.07, 6.45) is 3.25. The fourth-order valence-corrected chi connectivity index (χ4v) is 3.53. The molecule has 31 heavy (non-hydrogen) atoms. The van der Waals surface area contributed by atoms with Gasteiger partial charge in [-0.25, -0.2) is 4.79 Å². The van der Waals surface area contributed by atoms with Gasteiger partial charge >= 0.3 is 5.97 Å². The van der Waals surface area contributed by atoms with Crippen molar-refractivity contribution in [3.63, 3.8) is 0 Å². The van der Waals surface area contributed by atoms with E-state index in [9.17, 15) is 9.59 Å². The van der Waals surface area contributed by atoms with Crippen LogP contribution in [0.4, 0.5) is 5.69 Å². The zero-order chi connectivity index (χ0) is 22.5. The summed E-state index contributed by atoms with van der Waals surface area (Å²) in [4.78, 5) is 27.3. The van der Waals surface area contributed by atoms with E-state index in [4.69, 9.17) is 25.8 Å². The summed E-state index contributed by atoms with van der Waals surface area (Å²) in [7, 11) is 2.80. The number of carbonyl (C=O) groups excluding carboxylic acids is 2. The Bertz CT molecular complexity index is 1100. The van der Waals surface area contributed by atoms with Crippen molar-refractivity contribution >= 4 is 35.2 Å². The molecule has 0 saturated heterocycles. The van der Waals surface area contributed by atoms with Crippen molar-refractivity contribution < 1.29 is 23.8 Å². The third-order valence-electron chi connectivity index (χ3n) is 4.74. The van der Waals surface area contributed by atoms with E-state index in [1.165, 1.54) is 19.1 Å². The van der Waals surface area contributed by atoms with Gasteiger partial charge in [0.2, 0.25) is 0 Å². The van der Waals surface area contributed by atoms with Crippen LogP contribution in [-0.4, -0.2) is 32.7 Å². The first-order chi connectivity index (χ1) is 14.9. The number of methoxy groups -OCH3 is 2. The second-order valence-electron chi connectivity index (χ2n) is 6.61. The van der Waals surface area contributed by atoms with Gasteiger partial charge in [-0.15, -0.1) is 0 Å². The highest BCUT2D eigenvalue weighted by molar-refractivity contribution is 6.35. The summed E-state index contributed by atoms with van der Waals surface area (Å²) in [5, 5.41) is 0.394. The minimum Gasteiger partial charge on any atom is -0.493 e. The molecule has 0 fully saturated rings. The quantitative estimate of drug-likeness (QED) is 0.352. The van der Waals surface area contributed by atoms with E-state index >= 15 is 0 Å². The van der Waals surface area contributed by atoms with Crippen molar-refractivity contribution in [3.8, 4) is 11.5 Å². The van der Waals surface area contributed by atoms with Gasteiger partial charge in [0.25, 0.3) is 5.91 Å². The average Bonchev–Trinajstić information content (AvgIpc) is 3.02. The number of nitrogens with zero attached hydrogens (tertiary/aromatic N) is 1. The Morgan fingerprint density at radius 3 is 2.55 bits per heavy atom. The van der Waals surface area contributed by atoms with Gasteiger partial charge in [0.15, 0.2) is 11.5 Å². The molecule has 0 unspecified atom stereocenters. The molecule has 2 aromatic carbocycles. The number of carbonyl (C=O) groups is 2. The van der Waals surface area contributed by atoms with Gasteiger partial charge in [-0.2, -0.15) is 0 Å². The molecule has 0 radical (unpaired) electrons. The molecule has 0 spiro atoms. The first kappa shape index (κ1) is 22.2. The Hall–Kier alpha value is -3.51. The number of esters is 1. The maximum absolute atomic E-state index is 13.3. The molecule has 160 valence electrons. The molecule has 3 rings (SSSR count). The van der Waals surface area contributed by atoms with E-state index in [0.717, 1.165) is 0 Å². The lowest BCUT2D eigenvalue weighted by Crippen LogP contribution is -2.24. The van der Waals surface area contributed by atoms with E-state index in [1.54, 1.807) is 61.5 Å². The molecule has 6 nitrogen and oxygen atoms in total. The minimum atomic E-state index is -0.607. The predicted octanol–water partition coefficient (Wildman–Crippen LogP) is 4.79. The third kappa shape index (κ3) is 4.34. The van der Waals surface area contributed by atoms with Gasteiger partial charge in [-0.1, -0.05) is 42.5 Å². The molecule has 2 aromatic rings. The fraction of sp³-hybridized carbons (Fsp3) is 0.167. The van der Waals surface area contributed by atoms with E-state index in [1.807, 2.05) is 0 Å². The number of anilines is 1. The van der Waals surface area contributed by atoms with E-state index < -0.39 is 5.97 Å². The normalized spacial score (nSPS) is 14.8. The van der Waals surface area contributed by atoms with Crippen molar-refractivity contribution in [1.29, 1.82) is 0 Å². The van der Waals surface area contributed by atoms with Gasteiger partial charge in [-0.05, 0) is 42.8 Å². The van der Waals surface area contributed by atoms with Crippen LogP contribution in [-0.2, 0) is 14.3 Å². The molecule has 1 heterocycles. The Morgan fingerprint density at radius 1 is 1.16 bits per heavy atom. The van der Waals surface area contributed by atoms with Crippen LogP contribution in [0.25, 0.3) is 6.08 Å². The zero-order valence-corrected chi connectivity index (χ0v) is 18.2. The Morgan fingerprint density at radius 2 is 1.90 bits per heavy atom. The molecule has 0 atom stereocenters. The van der Waals surface area contributed by atoms with E-state index in [2.05, 4.69) is 6.58 Å². The zero-order valence-electron chi connectivity index (χ0n) is 17.5. The van der Waals surface area contributed by atoms with E-state index in [-0.39, 0.29) is 17.1 Å². The third-order valence-corrected chi connectivity index (χ3v) is 5.06. The maximum Gasteiger partial charge on any atom is 0.340 e. The molecular weight excluding hydrogens is 418 g/mol. The largest absolute Gasteiger partial charge is 0.493 e. The van der Waals surface area contributed by atoms with Gasteiger partial charge in [0.05, 0.1) is 36.1 Å². The van der Waals surface area contributed by atoms with Crippen molar-refractivity contribution in [2.45, 2.75) is 6.92 Å². The lowest BCUT2D eigenvalue weighted by atomic mass is 10.0. The smallest absolute Gasteiger partial charge is 0.340 e. The molecule has 1 aliphatic heterocycles. The number of halogens is 1. The molecule has 0 aromatic heterocycles. The van der Waals surface area contributed by atoms with Gasteiger partial charge in [-0.3, -0.25) is 9.69 Å². The number of amides is 1. The van der Waals surface area contributed by atoms with Gasteiger partial charge in [0, 0.05) is 5.70 Å². The number of para-hydroxylation sites is 1. The topological polar surface area (TPSA) is 65.1 Å². The number of ether oxygens (including phenoxy) is 3. The van der Waals surface area contributed by atoms with Crippen LogP contribution in [0, 0.1) is 0 Å². The molecule has 1 amide bonds. The summed E-state index contributed by atoms with van der Waals surface area (Å²) in [5.41, 5.74) is 1.96. The fourth-order valence-electron chi connectivity index (χ4n) is 3.31. The van der Waals surface area contributed by atoms with Crippen molar-refractivity contribution in [1.82, 2.24) is 0 Å². The first-order valence-corrected chi connectivity index (χ1v) is 9.82. The summed E-state index contributed by atoms with van der Waals surface area (Å²) < 4.78 is 15.9. The van der Waals surface area contributed by atoms with Crippen LogP contribution >= 0.6 is 11.6 Å². The molecule has 0 saturated carbocycles. The van der Waals surface area contributed by atoms with Gasteiger partial charge < -0.3 is 14.2 Å². The highest BCUT2D eigenvalue weighted by Gasteiger charge is 2.38. The van der Waals surface area contributed by atoms with Crippen LogP contribution in [0.3, 0.4) is 0 Å².